The Labute approximate surface area is 103 Å². The molecule has 0 fully saturated rings. The van der Waals surface area contributed by atoms with Crippen molar-refractivity contribution in [2.24, 2.45) is 0 Å². The molecule has 3 rings (SSSR count). The molecule has 18 heavy (non-hydrogen) atoms. The van der Waals surface area contributed by atoms with Crippen molar-refractivity contribution in [1.82, 2.24) is 15.0 Å². The fraction of sp³-hybridized carbons (Fsp3) is 0.0769. The van der Waals surface area contributed by atoms with E-state index in [0.717, 1.165) is 27.7 Å². The van der Waals surface area contributed by atoms with Gasteiger partial charge in [-0.2, -0.15) is 0 Å². The van der Waals surface area contributed by atoms with Gasteiger partial charge in [0.25, 0.3) is 0 Å². The molecule has 0 saturated heterocycles. The molecule has 90 valence electrons. The van der Waals surface area contributed by atoms with Gasteiger partial charge in [0.2, 0.25) is 0 Å². The monoisotopic (exact) mass is 240 g/mol. The number of aryl methyl sites for hydroxylation is 1. The third-order valence-electron chi connectivity index (χ3n) is 2.97. The van der Waals surface area contributed by atoms with Crippen molar-refractivity contribution in [3.63, 3.8) is 0 Å². The molecular formula is C13H12N4O. The van der Waals surface area contributed by atoms with E-state index < -0.39 is 0 Å². The second-order valence-corrected chi connectivity index (χ2v) is 4.23. The van der Waals surface area contributed by atoms with Gasteiger partial charge in [-0.05, 0) is 24.6 Å². The normalized spacial score (nSPS) is 10.9. The third kappa shape index (κ3) is 1.57. The highest BCUT2D eigenvalue weighted by atomic mass is 16.1. The molecule has 5 nitrogen and oxygen atoms in total. The van der Waals surface area contributed by atoms with Crippen molar-refractivity contribution in [1.29, 1.82) is 0 Å². The molecule has 0 amide bonds. The maximum atomic E-state index is 11.4. The van der Waals surface area contributed by atoms with Crippen LogP contribution >= 0.6 is 0 Å². The largest absolute Gasteiger partial charge is 0.384 e. The second kappa shape index (κ2) is 3.73. The molecule has 0 bridgehead atoms. The van der Waals surface area contributed by atoms with E-state index in [9.17, 15) is 4.79 Å². The molecule has 0 radical (unpaired) electrons. The molecule has 0 saturated carbocycles. The molecule has 4 N–H and O–H groups in total. The van der Waals surface area contributed by atoms with Crippen LogP contribution in [0.15, 0.2) is 35.3 Å². The Morgan fingerprint density at radius 2 is 2.06 bits per heavy atom. The van der Waals surface area contributed by atoms with Crippen LogP contribution in [-0.4, -0.2) is 15.0 Å². The topological polar surface area (TPSA) is 87.6 Å². The quantitative estimate of drug-likeness (QED) is 0.606. The van der Waals surface area contributed by atoms with Crippen molar-refractivity contribution in [2.75, 3.05) is 5.73 Å². The molecule has 0 spiro atoms. The van der Waals surface area contributed by atoms with Gasteiger partial charge in [-0.25, -0.2) is 9.78 Å². The smallest absolute Gasteiger partial charge is 0.323 e. The predicted octanol–water partition coefficient (Wildman–Crippen LogP) is 1.81. The number of anilines is 1. The first kappa shape index (κ1) is 10.6. The van der Waals surface area contributed by atoms with Gasteiger partial charge in [-0.1, -0.05) is 12.1 Å². The Morgan fingerprint density at radius 3 is 2.83 bits per heavy atom. The molecular weight excluding hydrogens is 228 g/mol. The number of hydrogen-bond acceptors (Lipinski definition) is 3. The number of aromatic amines is 2. The van der Waals surface area contributed by atoms with Crippen LogP contribution in [-0.2, 0) is 0 Å². The van der Waals surface area contributed by atoms with Crippen LogP contribution < -0.4 is 11.4 Å². The average molecular weight is 240 g/mol. The Kier molecular flexibility index (Phi) is 2.19. The van der Waals surface area contributed by atoms with Crippen molar-refractivity contribution >= 4 is 16.9 Å². The Hall–Kier alpha value is -2.56. The van der Waals surface area contributed by atoms with Gasteiger partial charge < -0.3 is 15.7 Å². The first-order valence-electron chi connectivity index (χ1n) is 5.58. The number of benzene rings is 1. The molecule has 0 unspecified atom stereocenters. The zero-order chi connectivity index (χ0) is 12.7. The maximum Gasteiger partial charge on any atom is 0.323 e. The molecule has 5 heteroatoms. The lowest BCUT2D eigenvalue weighted by Crippen LogP contribution is -1.99. The summed E-state index contributed by atoms with van der Waals surface area (Å²) >= 11 is 0. The molecule has 1 aromatic carbocycles. The van der Waals surface area contributed by atoms with Crippen LogP contribution in [0.3, 0.4) is 0 Å². The van der Waals surface area contributed by atoms with Crippen LogP contribution in [0.1, 0.15) is 5.56 Å². The summed E-state index contributed by atoms with van der Waals surface area (Å²) in [7, 11) is 0. The summed E-state index contributed by atoms with van der Waals surface area (Å²) < 4.78 is 0. The third-order valence-corrected chi connectivity index (χ3v) is 2.97. The minimum Gasteiger partial charge on any atom is -0.384 e. The van der Waals surface area contributed by atoms with E-state index in [4.69, 9.17) is 5.73 Å². The number of H-pyrrole nitrogens is 2. The Morgan fingerprint density at radius 1 is 1.22 bits per heavy atom. The molecule has 0 aliphatic rings. The second-order valence-electron chi connectivity index (χ2n) is 4.23. The SMILES string of the molecule is Cc1cc(N)ncc1-c1cccc2[nH]c(=O)[nH]c12. The maximum absolute atomic E-state index is 11.4. The number of hydrogen-bond donors (Lipinski definition) is 3. The highest BCUT2D eigenvalue weighted by molar-refractivity contribution is 5.92. The summed E-state index contributed by atoms with van der Waals surface area (Å²) in [6.45, 7) is 1.97. The van der Waals surface area contributed by atoms with E-state index in [0.29, 0.717) is 5.82 Å². The summed E-state index contributed by atoms with van der Waals surface area (Å²) in [6, 6.07) is 7.53. The number of nitrogens with zero attached hydrogens (tertiary/aromatic N) is 1. The van der Waals surface area contributed by atoms with Crippen molar-refractivity contribution in [3.05, 3.63) is 46.5 Å². The Balaban J connectivity index is 2.34. The van der Waals surface area contributed by atoms with E-state index in [2.05, 4.69) is 15.0 Å². The summed E-state index contributed by atoms with van der Waals surface area (Å²) in [6.07, 6.45) is 1.73. The van der Waals surface area contributed by atoms with E-state index in [-0.39, 0.29) is 5.69 Å². The first-order valence-corrected chi connectivity index (χ1v) is 5.58. The van der Waals surface area contributed by atoms with E-state index >= 15 is 0 Å². The fourth-order valence-electron chi connectivity index (χ4n) is 2.14. The number of fused-ring (bicyclic) bond motifs is 1. The van der Waals surface area contributed by atoms with E-state index in [1.807, 2.05) is 31.2 Å². The van der Waals surface area contributed by atoms with Crippen LogP contribution in [0.5, 0.6) is 0 Å². The molecule has 2 heterocycles. The molecule has 0 aliphatic carbocycles. The molecule has 0 aliphatic heterocycles. The number of rotatable bonds is 1. The highest BCUT2D eigenvalue weighted by Gasteiger charge is 2.09. The van der Waals surface area contributed by atoms with Crippen molar-refractivity contribution in [2.45, 2.75) is 6.92 Å². The molecule has 3 aromatic rings. The van der Waals surface area contributed by atoms with Gasteiger partial charge in [0.15, 0.2) is 0 Å². The molecule has 2 aromatic heterocycles. The van der Waals surface area contributed by atoms with Gasteiger partial charge in [-0.3, -0.25) is 0 Å². The number of aromatic nitrogens is 3. The number of imidazole rings is 1. The highest BCUT2D eigenvalue weighted by Crippen LogP contribution is 2.28. The predicted molar refractivity (Wildman–Crippen MR) is 71.3 cm³/mol. The van der Waals surface area contributed by atoms with Crippen LogP contribution in [0.2, 0.25) is 0 Å². The zero-order valence-corrected chi connectivity index (χ0v) is 9.82. The lowest BCUT2D eigenvalue weighted by atomic mass is 10.0. The van der Waals surface area contributed by atoms with Gasteiger partial charge in [0, 0.05) is 17.3 Å². The lowest BCUT2D eigenvalue weighted by Gasteiger charge is -2.07. The summed E-state index contributed by atoms with van der Waals surface area (Å²) in [5.74, 6) is 0.492. The van der Waals surface area contributed by atoms with Crippen LogP contribution in [0, 0.1) is 6.92 Å². The van der Waals surface area contributed by atoms with Gasteiger partial charge in [0.1, 0.15) is 5.82 Å². The van der Waals surface area contributed by atoms with Crippen molar-refractivity contribution in [3.8, 4) is 11.1 Å². The van der Waals surface area contributed by atoms with Crippen molar-refractivity contribution < 1.29 is 0 Å². The summed E-state index contributed by atoms with van der Waals surface area (Å²) in [5.41, 5.74) is 9.94. The lowest BCUT2D eigenvalue weighted by molar-refractivity contribution is 1.21. The van der Waals surface area contributed by atoms with Crippen LogP contribution in [0.4, 0.5) is 5.82 Å². The number of nitrogens with two attached hydrogens (primary N) is 1. The van der Waals surface area contributed by atoms with Gasteiger partial charge in [-0.15, -0.1) is 0 Å². The summed E-state index contributed by atoms with van der Waals surface area (Å²) in [5, 5.41) is 0. The Bertz CT molecular complexity index is 785. The number of nitrogens with one attached hydrogen (secondary N) is 2. The standard InChI is InChI=1S/C13H12N4O/c1-7-5-11(14)15-6-9(7)8-3-2-4-10-12(8)17-13(18)16-10/h2-6H,1H3,(H2,14,15)(H2,16,17,18). The van der Waals surface area contributed by atoms with E-state index in [1.54, 1.807) is 6.20 Å². The van der Waals surface area contributed by atoms with Gasteiger partial charge in [0.05, 0.1) is 11.0 Å². The number of nitrogen functional groups attached to an aromatic ring is 1. The minimum atomic E-state index is -0.210. The molecule has 0 atom stereocenters. The zero-order valence-electron chi connectivity index (χ0n) is 9.82. The van der Waals surface area contributed by atoms with E-state index in [1.165, 1.54) is 0 Å². The average Bonchev–Trinajstić information content (AvgIpc) is 2.69. The minimum absolute atomic E-state index is 0.210. The summed E-state index contributed by atoms with van der Waals surface area (Å²) in [4.78, 5) is 21.0. The van der Waals surface area contributed by atoms with Gasteiger partial charge >= 0.3 is 5.69 Å². The fourth-order valence-corrected chi connectivity index (χ4v) is 2.14. The first-order chi connectivity index (χ1) is 8.65. The number of para-hydroxylation sites is 1. The van der Waals surface area contributed by atoms with Crippen LogP contribution in [0.25, 0.3) is 22.2 Å². The number of pyridine rings is 1.